The second kappa shape index (κ2) is 6.37. The number of fused-ring (bicyclic) bond motifs is 1. The lowest BCUT2D eigenvalue weighted by Crippen LogP contribution is -2.40. The quantitative estimate of drug-likeness (QED) is 0.843. The molecule has 0 spiro atoms. The number of methoxy groups -OCH3 is 1. The molecule has 0 saturated carbocycles. The third-order valence-corrected chi connectivity index (χ3v) is 5.51. The van der Waals surface area contributed by atoms with Crippen molar-refractivity contribution in [2.75, 3.05) is 7.11 Å². The lowest BCUT2D eigenvalue weighted by Gasteiger charge is -2.23. The summed E-state index contributed by atoms with van der Waals surface area (Å²) in [5.74, 6) is -0.732. The summed E-state index contributed by atoms with van der Waals surface area (Å²) >= 11 is 0. The van der Waals surface area contributed by atoms with Gasteiger partial charge in [-0.1, -0.05) is 24.3 Å². The van der Waals surface area contributed by atoms with Gasteiger partial charge >= 0.3 is 6.03 Å². The maximum Gasteiger partial charge on any atom is 0.325 e. The van der Waals surface area contributed by atoms with Crippen molar-refractivity contribution in [2.24, 2.45) is 0 Å². The molecular formula is C21H21FN2O3. The molecule has 3 amide bonds. The second-order valence-electron chi connectivity index (χ2n) is 7.25. The number of ether oxygens (including phenoxy) is 1. The largest absolute Gasteiger partial charge is 0.494 e. The second-order valence-corrected chi connectivity index (χ2v) is 7.25. The SMILES string of the molecule is COc1ccc(CN2C(=O)N[C@@](C)(c3ccc4c(c3)CCC4)C2=O)cc1F. The van der Waals surface area contributed by atoms with Crippen LogP contribution in [0.3, 0.4) is 0 Å². The van der Waals surface area contributed by atoms with Crippen LogP contribution in [0.2, 0.25) is 0 Å². The van der Waals surface area contributed by atoms with E-state index in [-0.39, 0.29) is 18.2 Å². The van der Waals surface area contributed by atoms with Gasteiger partial charge in [0.2, 0.25) is 0 Å². The number of carbonyl (C=O) groups excluding carboxylic acids is 2. The van der Waals surface area contributed by atoms with Crippen molar-refractivity contribution >= 4 is 11.9 Å². The Balaban J connectivity index is 1.61. The van der Waals surface area contributed by atoms with E-state index in [0.29, 0.717) is 5.56 Å². The van der Waals surface area contributed by atoms with Gasteiger partial charge in [-0.25, -0.2) is 9.18 Å². The van der Waals surface area contributed by atoms with E-state index in [1.54, 1.807) is 13.0 Å². The number of urea groups is 1. The van der Waals surface area contributed by atoms with Gasteiger partial charge in [-0.3, -0.25) is 9.69 Å². The van der Waals surface area contributed by atoms with Gasteiger partial charge in [-0.15, -0.1) is 0 Å². The molecule has 0 aromatic heterocycles. The molecule has 2 aromatic rings. The van der Waals surface area contributed by atoms with E-state index in [4.69, 9.17) is 4.74 Å². The Bertz CT molecular complexity index is 943. The first-order valence-corrected chi connectivity index (χ1v) is 9.01. The summed E-state index contributed by atoms with van der Waals surface area (Å²) in [6.07, 6.45) is 3.17. The van der Waals surface area contributed by atoms with Crippen molar-refractivity contribution in [1.29, 1.82) is 0 Å². The highest BCUT2D eigenvalue weighted by molar-refractivity contribution is 6.07. The van der Waals surface area contributed by atoms with Gasteiger partial charge in [0.25, 0.3) is 5.91 Å². The molecule has 1 heterocycles. The molecule has 1 saturated heterocycles. The van der Waals surface area contributed by atoms with Crippen LogP contribution in [0.25, 0.3) is 0 Å². The topological polar surface area (TPSA) is 58.6 Å². The van der Waals surface area contributed by atoms with Crippen LogP contribution >= 0.6 is 0 Å². The Morgan fingerprint density at radius 3 is 2.67 bits per heavy atom. The summed E-state index contributed by atoms with van der Waals surface area (Å²) in [6.45, 7) is 1.73. The number of benzene rings is 2. The van der Waals surface area contributed by atoms with Crippen LogP contribution in [0.1, 0.15) is 35.6 Å². The van der Waals surface area contributed by atoms with E-state index in [2.05, 4.69) is 5.32 Å². The minimum absolute atomic E-state index is 0.00606. The predicted octanol–water partition coefficient (Wildman–Crippen LogP) is 3.29. The van der Waals surface area contributed by atoms with Gasteiger partial charge < -0.3 is 10.1 Å². The predicted molar refractivity (Wildman–Crippen MR) is 97.9 cm³/mol. The summed E-state index contributed by atoms with van der Waals surface area (Å²) in [7, 11) is 1.39. The maximum atomic E-state index is 13.9. The molecule has 1 atom stereocenters. The molecule has 1 N–H and O–H groups in total. The van der Waals surface area contributed by atoms with Crippen molar-refractivity contribution in [3.63, 3.8) is 0 Å². The Hall–Kier alpha value is -2.89. The molecule has 1 fully saturated rings. The fourth-order valence-corrected chi connectivity index (χ4v) is 3.91. The first kappa shape index (κ1) is 17.5. The van der Waals surface area contributed by atoms with Crippen molar-refractivity contribution in [3.8, 4) is 5.75 Å². The monoisotopic (exact) mass is 368 g/mol. The molecular weight excluding hydrogens is 347 g/mol. The molecule has 0 radical (unpaired) electrons. The van der Waals surface area contributed by atoms with Crippen molar-refractivity contribution < 1.29 is 18.7 Å². The number of aryl methyl sites for hydroxylation is 2. The van der Waals surface area contributed by atoms with E-state index in [9.17, 15) is 14.0 Å². The van der Waals surface area contributed by atoms with Crippen LogP contribution in [-0.2, 0) is 29.7 Å². The summed E-state index contributed by atoms with van der Waals surface area (Å²) < 4.78 is 18.8. The van der Waals surface area contributed by atoms with Gasteiger partial charge in [0.1, 0.15) is 5.54 Å². The van der Waals surface area contributed by atoms with Gasteiger partial charge in [0.05, 0.1) is 13.7 Å². The summed E-state index contributed by atoms with van der Waals surface area (Å²) in [5.41, 5.74) is 2.75. The Morgan fingerprint density at radius 2 is 1.93 bits per heavy atom. The zero-order valence-corrected chi connectivity index (χ0v) is 15.3. The van der Waals surface area contributed by atoms with Crippen LogP contribution in [-0.4, -0.2) is 23.9 Å². The number of imide groups is 1. The number of amides is 3. The average Bonchev–Trinajstić information content (AvgIpc) is 3.20. The minimum Gasteiger partial charge on any atom is -0.494 e. The van der Waals surface area contributed by atoms with Crippen molar-refractivity contribution in [2.45, 2.75) is 38.3 Å². The molecule has 4 rings (SSSR count). The number of nitrogens with one attached hydrogen (secondary N) is 1. The highest BCUT2D eigenvalue weighted by Gasteiger charge is 2.49. The van der Waals surface area contributed by atoms with E-state index >= 15 is 0 Å². The summed E-state index contributed by atoms with van der Waals surface area (Å²) in [4.78, 5) is 26.7. The van der Waals surface area contributed by atoms with Gasteiger partial charge in [-0.05, 0) is 60.6 Å². The molecule has 5 nitrogen and oxygen atoms in total. The zero-order valence-electron chi connectivity index (χ0n) is 15.3. The summed E-state index contributed by atoms with van der Waals surface area (Å²) in [6, 6.07) is 9.93. The third-order valence-electron chi connectivity index (χ3n) is 5.51. The number of hydrogen-bond acceptors (Lipinski definition) is 3. The first-order valence-electron chi connectivity index (χ1n) is 9.01. The molecule has 1 aliphatic heterocycles. The highest BCUT2D eigenvalue weighted by Crippen LogP contribution is 2.33. The molecule has 27 heavy (non-hydrogen) atoms. The van der Waals surface area contributed by atoms with Crippen molar-refractivity contribution in [3.05, 3.63) is 64.5 Å². The number of halogens is 1. The number of hydrogen-bond donors (Lipinski definition) is 1. The van der Waals surface area contributed by atoms with Crippen LogP contribution in [0.15, 0.2) is 36.4 Å². The number of carbonyl (C=O) groups is 2. The fourth-order valence-electron chi connectivity index (χ4n) is 3.91. The highest BCUT2D eigenvalue weighted by atomic mass is 19.1. The van der Waals surface area contributed by atoms with Crippen LogP contribution in [0.4, 0.5) is 9.18 Å². The van der Waals surface area contributed by atoms with Crippen LogP contribution in [0.5, 0.6) is 5.75 Å². The lowest BCUT2D eigenvalue weighted by molar-refractivity contribution is -0.131. The standard InChI is InChI=1S/C21H21FN2O3/c1-21(16-8-7-14-4-3-5-15(14)11-16)19(25)24(20(26)23-21)12-13-6-9-18(27-2)17(22)10-13/h6-11H,3-5,12H2,1-2H3,(H,23,26)/t21-/m0/s1. The average molecular weight is 368 g/mol. The van der Waals surface area contributed by atoms with Crippen LogP contribution in [0, 0.1) is 5.82 Å². The van der Waals surface area contributed by atoms with E-state index in [1.807, 2.05) is 18.2 Å². The summed E-state index contributed by atoms with van der Waals surface area (Å²) in [5, 5.41) is 2.81. The maximum absolute atomic E-state index is 13.9. The van der Waals surface area contributed by atoms with E-state index in [1.165, 1.54) is 30.4 Å². The molecule has 2 aromatic carbocycles. The van der Waals surface area contributed by atoms with Gasteiger partial charge in [0.15, 0.2) is 11.6 Å². The zero-order chi connectivity index (χ0) is 19.2. The number of nitrogens with zero attached hydrogens (tertiary/aromatic N) is 1. The molecule has 6 heteroatoms. The minimum atomic E-state index is -1.11. The Morgan fingerprint density at radius 1 is 1.15 bits per heavy atom. The molecule has 2 aliphatic rings. The molecule has 140 valence electrons. The molecule has 0 unspecified atom stereocenters. The Kier molecular flexibility index (Phi) is 4.13. The molecule has 0 bridgehead atoms. The van der Waals surface area contributed by atoms with Crippen molar-refractivity contribution in [1.82, 2.24) is 10.2 Å². The number of rotatable bonds is 4. The van der Waals surface area contributed by atoms with E-state index < -0.39 is 17.4 Å². The molecule has 1 aliphatic carbocycles. The van der Waals surface area contributed by atoms with Crippen LogP contribution < -0.4 is 10.1 Å². The van der Waals surface area contributed by atoms with Gasteiger partial charge in [0, 0.05) is 0 Å². The van der Waals surface area contributed by atoms with E-state index in [0.717, 1.165) is 29.7 Å². The first-order chi connectivity index (χ1) is 12.9. The Labute approximate surface area is 157 Å². The van der Waals surface area contributed by atoms with Gasteiger partial charge in [-0.2, -0.15) is 0 Å². The normalized spacial score (nSPS) is 21.4. The third kappa shape index (κ3) is 2.85. The fraction of sp³-hybridized carbons (Fsp3) is 0.333. The lowest BCUT2D eigenvalue weighted by atomic mass is 9.89. The smallest absolute Gasteiger partial charge is 0.325 e.